The van der Waals surface area contributed by atoms with Crippen molar-refractivity contribution in [3.8, 4) is 5.75 Å². The standard InChI is InChI=1S/C15H14ClNO2/c1-11-2-4-12(5-3-11)10-19-15-7-6-14(16)8-13(15)9-17-18/h2-9,18H,10H2,1H3. The first kappa shape index (κ1) is 13.4. The van der Waals surface area contributed by atoms with E-state index in [1.54, 1.807) is 18.2 Å². The molecule has 98 valence electrons. The molecule has 0 unspecified atom stereocenters. The molecule has 0 spiro atoms. The first-order chi connectivity index (χ1) is 9.19. The van der Waals surface area contributed by atoms with Crippen molar-refractivity contribution in [2.45, 2.75) is 13.5 Å². The van der Waals surface area contributed by atoms with Crippen LogP contribution in [0.25, 0.3) is 0 Å². The van der Waals surface area contributed by atoms with Gasteiger partial charge in [0.05, 0.1) is 6.21 Å². The number of halogens is 1. The van der Waals surface area contributed by atoms with E-state index >= 15 is 0 Å². The summed E-state index contributed by atoms with van der Waals surface area (Å²) in [6.07, 6.45) is 1.30. The van der Waals surface area contributed by atoms with Gasteiger partial charge in [-0.2, -0.15) is 0 Å². The molecule has 0 heterocycles. The lowest BCUT2D eigenvalue weighted by molar-refractivity contribution is 0.304. The molecule has 0 aliphatic heterocycles. The fourth-order valence-electron chi connectivity index (χ4n) is 1.66. The molecule has 0 aliphatic rings. The van der Waals surface area contributed by atoms with E-state index in [1.165, 1.54) is 11.8 Å². The van der Waals surface area contributed by atoms with Crippen LogP contribution in [0.15, 0.2) is 47.6 Å². The highest BCUT2D eigenvalue weighted by Crippen LogP contribution is 2.22. The SMILES string of the molecule is Cc1ccc(COc2ccc(Cl)cc2C=NO)cc1. The van der Waals surface area contributed by atoms with Crippen molar-refractivity contribution in [2.75, 3.05) is 0 Å². The van der Waals surface area contributed by atoms with Crippen molar-refractivity contribution < 1.29 is 9.94 Å². The van der Waals surface area contributed by atoms with Gasteiger partial charge in [0.2, 0.25) is 0 Å². The van der Waals surface area contributed by atoms with Crippen LogP contribution in [0.2, 0.25) is 5.02 Å². The summed E-state index contributed by atoms with van der Waals surface area (Å²) in [5, 5.41) is 12.2. The molecule has 0 fully saturated rings. The number of hydrogen-bond acceptors (Lipinski definition) is 3. The Kier molecular flexibility index (Phi) is 4.42. The summed E-state index contributed by atoms with van der Waals surface area (Å²) in [5.74, 6) is 0.628. The topological polar surface area (TPSA) is 41.8 Å². The Hall–Kier alpha value is -2.00. The van der Waals surface area contributed by atoms with Crippen molar-refractivity contribution in [2.24, 2.45) is 5.16 Å². The van der Waals surface area contributed by atoms with E-state index in [2.05, 4.69) is 5.16 Å². The van der Waals surface area contributed by atoms with Gasteiger partial charge in [-0.1, -0.05) is 46.6 Å². The van der Waals surface area contributed by atoms with Crippen LogP contribution >= 0.6 is 11.6 Å². The van der Waals surface area contributed by atoms with E-state index in [0.29, 0.717) is 22.9 Å². The van der Waals surface area contributed by atoms with Gasteiger partial charge in [-0.05, 0) is 30.7 Å². The Morgan fingerprint density at radius 2 is 1.95 bits per heavy atom. The third-order valence-corrected chi connectivity index (χ3v) is 2.92. The Morgan fingerprint density at radius 3 is 2.63 bits per heavy atom. The van der Waals surface area contributed by atoms with Crippen LogP contribution in [0.3, 0.4) is 0 Å². The summed E-state index contributed by atoms with van der Waals surface area (Å²) in [6, 6.07) is 13.3. The summed E-state index contributed by atoms with van der Waals surface area (Å²) in [7, 11) is 0. The van der Waals surface area contributed by atoms with E-state index in [1.807, 2.05) is 31.2 Å². The van der Waals surface area contributed by atoms with Gasteiger partial charge in [0.25, 0.3) is 0 Å². The summed E-state index contributed by atoms with van der Waals surface area (Å²) < 4.78 is 5.71. The molecule has 0 amide bonds. The van der Waals surface area contributed by atoms with Gasteiger partial charge in [-0.15, -0.1) is 0 Å². The van der Waals surface area contributed by atoms with Gasteiger partial charge in [-0.25, -0.2) is 0 Å². The smallest absolute Gasteiger partial charge is 0.128 e. The molecular weight excluding hydrogens is 262 g/mol. The van der Waals surface area contributed by atoms with Crippen LogP contribution in [-0.4, -0.2) is 11.4 Å². The highest BCUT2D eigenvalue weighted by molar-refractivity contribution is 6.30. The number of ether oxygens (including phenoxy) is 1. The monoisotopic (exact) mass is 275 g/mol. The number of rotatable bonds is 4. The van der Waals surface area contributed by atoms with Gasteiger partial charge in [0.15, 0.2) is 0 Å². The molecule has 0 saturated heterocycles. The highest BCUT2D eigenvalue weighted by atomic mass is 35.5. The zero-order valence-electron chi connectivity index (χ0n) is 10.5. The molecule has 2 aromatic rings. The second-order valence-corrected chi connectivity index (χ2v) is 4.64. The Balaban J connectivity index is 2.12. The van der Waals surface area contributed by atoms with Gasteiger partial charge in [-0.3, -0.25) is 0 Å². The number of aryl methyl sites for hydroxylation is 1. The van der Waals surface area contributed by atoms with Crippen LogP contribution in [0, 0.1) is 6.92 Å². The van der Waals surface area contributed by atoms with Crippen LogP contribution in [-0.2, 0) is 6.61 Å². The lowest BCUT2D eigenvalue weighted by Crippen LogP contribution is -1.98. The zero-order valence-corrected chi connectivity index (χ0v) is 11.3. The maximum atomic E-state index is 8.62. The van der Waals surface area contributed by atoms with Crippen LogP contribution in [0.4, 0.5) is 0 Å². The number of hydrogen-bond donors (Lipinski definition) is 1. The van der Waals surface area contributed by atoms with Gasteiger partial charge in [0, 0.05) is 10.6 Å². The van der Waals surface area contributed by atoms with Crippen LogP contribution in [0.1, 0.15) is 16.7 Å². The summed E-state index contributed by atoms with van der Waals surface area (Å²) in [4.78, 5) is 0. The normalized spacial score (nSPS) is 10.8. The second kappa shape index (κ2) is 6.25. The lowest BCUT2D eigenvalue weighted by atomic mass is 10.1. The molecular formula is C15H14ClNO2. The third kappa shape index (κ3) is 3.73. The molecule has 0 radical (unpaired) electrons. The van der Waals surface area contributed by atoms with Crippen molar-refractivity contribution in [3.63, 3.8) is 0 Å². The van der Waals surface area contributed by atoms with E-state index in [4.69, 9.17) is 21.5 Å². The quantitative estimate of drug-likeness (QED) is 0.520. The predicted octanol–water partition coefficient (Wildman–Crippen LogP) is 4.04. The molecule has 0 saturated carbocycles. The van der Waals surface area contributed by atoms with Gasteiger partial charge in [0.1, 0.15) is 12.4 Å². The number of oxime groups is 1. The van der Waals surface area contributed by atoms with E-state index in [-0.39, 0.29) is 0 Å². The van der Waals surface area contributed by atoms with Crippen molar-refractivity contribution in [3.05, 3.63) is 64.2 Å². The fourth-order valence-corrected chi connectivity index (χ4v) is 1.84. The van der Waals surface area contributed by atoms with Gasteiger partial charge >= 0.3 is 0 Å². The number of benzene rings is 2. The zero-order chi connectivity index (χ0) is 13.7. The van der Waals surface area contributed by atoms with Crippen molar-refractivity contribution in [1.29, 1.82) is 0 Å². The molecule has 4 heteroatoms. The van der Waals surface area contributed by atoms with Crippen molar-refractivity contribution in [1.82, 2.24) is 0 Å². The Morgan fingerprint density at radius 1 is 1.21 bits per heavy atom. The average Bonchev–Trinajstić information content (AvgIpc) is 2.40. The minimum Gasteiger partial charge on any atom is -0.488 e. The molecule has 0 atom stereocenters. The van der Waals surface area contributed by atoms with E-state index < -0.39 is 0 Å². The first-order valence-corrected chi connectivity index (χ1v) is 6.22. The fraction of sp³-hybridized carbons (Fsp3) is 0.133. The maximum absolute atomic E-state index is 8.62. The van der Waals surface area contributed by atoms with Crippen LogP contribution in [0.5, 0.6) is 5.75 Å². The first-order valence-electron chi connectivity index (χ1n) is 5.84. The number of nitrogens with zero attached hydrogens (tertiary/aromatic N) is 1. The summed E-state index contributed by atoms with van der Waals surface area (Å²) >= 11 is 5.89. The summed E-state index contributed by atoms with van der Waals surface area (Å²) in [5.41, 5.74) is 2.93. The molecule has 2 aromatic carbocycles. The molecule has 0 aromatic heterocycles. The third-order valence-electron chi connectivity index (χ3n) is 2.68. The maximum Gasteiger partial charge on any atom is 0.128 e. The predicted molar refractivity (Wildman–Crippen MR) is 76.3 cm³/mol. The minimum absolute atomic E-state index is 0.453. The largest absolute Gasteiger partial charge is 0.488 e. The van der Waals surface area contributed by atoms with Crippen LogP contribution < -0.4 is 4.74 Å². The summed E-state index contributed by atoms with van der Waals surface area (Å²) in [6.45, 7) is 2.49. The molecule has 3 nitrogen and oxygen atoms in total. The average molecular weight is 276 g/mol. The second-order valence-electron chi connectivity index (χ2n) is 4.20. The van der Waals surface area contributed by atoms with E-state index in [9.17, 15) is 0 Å². The molecule has 2 rings (SSSR count). The minimum atomic E-state index is 0.453. The highest BCUT2D eigenvalue weighted by Gasteiger charge is 2.03. The molecule has 19 heavy (non-hydrogen) atoms. The Labute approximate surface area is 117 Å². The molecule has 1 N–H and O–H groups in total. The Bertz CT molecular complexity index is 579. The molecule has 0 aliphatic carbocycles. The lowest BCUT2D eigenvalue weighted by Gasteiger charge is -2.09. The van der Waals surface area contributed by atoms with Crippen molar-refractivity contribution >= 4 is 17.8 Å². The molecule has 0 bridgehead atoms. The van der Waals surface area contributed by atoms with Gasteiger partial charge < -0.3 is 9.94 Å². The van der Waals surface area contributed by atoms with E-state index in [0.717, 1.165) is 5.56 Å².